The number of unbranched alkanes of at least 4 members (excludes halogenated alkanes) is 3. The molecule has 0 radical (unpaired) electrons. The Hall–Kier alpha value is -2.14. The highest BCUT2D eigenvalue weighted by molar-refractivity contribution is 5.86. The molecule has 23 heavy (non-hydrogen) atoms. The van der Waals surface area contributed by atoms with Crippen molar-refractivity contribution in [3.8, 4) is 0 Å². The van der Waals surface area contributed by atoms with Gasteiger partial charge in [0.25, 0.3) is 0 Å². The zero-order valence-corrected chi connectivity index (χ0v) is 13.4. The molecule has 5 heteroatoms. The lowest BCUT2D eigenvalue weighted by molar-refractivity contribution is 0.0593. The van der Waals surface area contributed by atoms with Gasteiger partial charge in [0.1, 0.15) is 12.4 Å². The van der Waals surface area contributed by atoms with Gasteiger partial charge >= 0.3 is 5.97 Å². The van der Waals surface area contributed by atoms with Crippen LogP contribution in [0.15, 0.2) is 41.0 Å². The number of aryl methyl sites for hydroxylation is 1. The lowest BCUT2D eigenvalue weighted by Gasteiger charge is -2.06. The van der Waals surface area contributed by atoms with Crippen LogP contribution in [0, 0.1) is 0 Å². The molecule has 0 spiro atoms. The van der Waals surface area contributed by atoms with E-state index in [2.05, 4.69) is 34.0 Å². The molecule has 1 atom stereocenters. The predicted molar refractivity (Wildman–Crippen MR) is 86.0 cm³/mol. The summed E-state index contributed by atoms with van der Waals surface area (Å²) in [6, 6.07) is 10.4. The van der Waals surface area contributed by atoms with E-state index in [1.165, 1.54) is 18.9 Å². The van der Waals surface area contributed by atoms with Gasteiger partial charge in [-0.05, 0) is 24.8 Å². The average Bonchev–Trinajstić information content (AvgIpc) is 3.08. The minimum absolute atomic E-state index is 0.0874. The van der Waals surface area contributed by atoms with Crippen LogP contribution >= 0.6 is 0 Å². The molecule has 2 rings (SSSR count). The molecule has 1 heterocycles. The van der Waals surface area contributed by atoms with Crippen LogP contribution in [-0.2, 0) is 11.2 Å². The second-order valence-corrected chi connectivity index (χ2v) is 5.52. The highest BCUT2D eigenvalue weighted by atomic mass is 16.5. The lowest BCUT2D eigenvalue weighted by Crippen LogP contribution is -2.03. The maximum Gasteiger partial charge on any atom is 0.360 e. The van der Waals surface area contributed by atoms with Gasteiger partial charge in [-0.3, -0.25) is 0 Å². The van der Waals surface area contributed by atoms with Gasteiger partial charge in [-0.1, -0.05) is 49.6 Å². The standard InChI is InChI=1S/C18H23NO4/c1-22-18(21)15-13-23-17(19-15)16(20)12-8-3-2-5-9-14-10-6-4-7-11-14/h4,6-7,10-11,13,16,20H,2-3,5,8-9,12H2,1H3. The Morgan fingerprint density at radius 3 is 2.70 bits per heavy atom. The number of carbonyl (C=O) groups excluding carboxylic acids is 1. The molecule has 5 nitrogen and oxygen atoms in total. The molecular weight excluding hydrogens is 294 g/mol. The van der Waals surface area contributed by atoms with Crippen LogP contribution < -0.4 is 0 Å². The molecule has 1 aromatic carbocycles. The Morgan fingerprint density at radius 2 is 1.96 bits per heavy atom. The second kappa shape index (κ2) is 9.10. The Balaban J connectivity index is 1.62. The number of aromatic nitrogens is 1. The van der Waals surface area contributed by atoms with Gasteiger partial charge in [-0.25, -0.2) is 9.78 Å². The molecule has 0 aliphatic carbocycles. The number of hydrogen-bond acceptors (Lipinski definition) is 5. The van der Waals surface area contributed by atoms with Crippen LogP contribution in [0.5, 0.6) is 0 Å². The van der Waals surface area contributed by atoms with Crippen molar-refractivity contribution >= 4 is 5.97 Å². The number of oxazole rings is 1. The highest BCUT2D eigenvalue weighted by Crippen LogP contribution is 2.20. The van der Waals surface area contributed by atoms with Crippen molar-refractivity contribution in [3.63, 3.8) is 0 Å². The molecule has 0 saturated carbocycles. The third kappa shape index (κ3) is 5.53. The number of methoxy groups -OCH3 is 1. The molecule has 0 fully saturated rings. The molecule has 1 unspecified atom stereocenters. The first-order valence-corrected chi connectivity index (χ1v) is 7.96. The first-order chi connectivity index (χ1) is 11.2. The van der Waals surface area contributed by atoms with E-state index >= 15 is 0 Å². The molecule has 0 aliphatic rings. The van der Waals surface area contributed by atoms with Gasteiger partial charge in [-0.2, -0.15) is 0 Å². The molecule has 0 aliphatic heterocycles. The maximum absolute atomic E-state index is 11.3. The normalized spacial score (nSPS) is 12.1. The van der Waals surface area contributed by atoms with E-state index in [0.717, 1.165) is 32.1 Å². The molecule has 1 N–H and O–H groups in total. The van der Waals surface area contributed by atoms with Crippen molar-refractivity contribution in [2.75, 3.05) is 7.11 Å². The summed E-state index contributed by atoms with van der Waals surface area (Å²) in [6.07, 6.45) is 6.32. The quantitative estimate of drug-likeness (QED) is 0.564. The Morgan fingerprint density at radius 1 is 1.22 bits per heavy atom. The lowest BCUT2D eigenvalue weighted by atomic mass is 10.0. The fourth-order valence-corrected chi connectivity index (χ4v) is 2.43. The Bertz CT molecular complexity index is 594. The van der Waals surface area contributed by atoms with E-state index < -0.39 is 12.1 Å². The van der Waals surface area contributed by atoms with Crippen LogP contribution in [0.1, 0.15) is 60.2 Å². The van der Waals surface area contributed by atoms with Gasteiger partial charge in [0, 0.05) is 0 Å². The van der Waals surface area contributed by atoms with Crippen molar-refractivity contribution in [1.29, 1.82) is 0 Å². The summed E-state index contributed by atoms with van der Waals surface area (Å²) in [4.78, 5) is 15.2. The number of esters is 1. The first-order valence-electron chi connectivity index (χ1n) is 7.96. The van der Waals surface area contributed by atoms with Gasteiger partial charge in [-0.15, -0.1) is 0 Å². The maximum atomic E-state index is 11.3. The van der Waals surface area contributed by atoms with Crippen LogP contribution in [0.3, 0.4) is 0 Å². The fraction of sp³-hybridized carbons (Fsp3) is 0.444. The van der Waals surface area contributed by atoms with E-state index in [0.29, 0.717) is 6.42 Å². The number of nitrogens with zero attached hydrogens (tertiary/aromatic N) is 1. The van der Waals surface area contributed by atoms with Crippen LogP contribution in [0.2, 0.25) is 0 Å². The zero-order chi connectivity index (χ0) is 16.5. The largest absolute Gasteiger partial charge is 0.464 e. The monoisotopic (exact) mass is 317 g/mol. The molecular formula is C18H23NO4. The van der Waals surface area contributed by atoms with Crippen molar-refractivity contribution in [2.24, 2.45) is 0 Å². The fourth-order valence-electron chi connectivity index (χ4n) is 2.43. The number of aliphatic hydroxyl groups excluding tert-OH is 1. The van der Waals surface area contributed by atoms with E-state index in [1.54, 1.807) is 0 Å². The molecule has 124 valence electrons. The summed E-state index contributed by atoms with van der Waals surface area (Å²) < 4.78 is 9.67. The van der Waals surface area contributed by atoms with Crippen LogP contribution in [-0.4, -0.2) is 23.2 Å². The number of aliphatic hydroxyl groups is 1. The predicted octanol–water partition coefficient (Wildman–Crippen LogP) is 3.69. The van der Waals surface area contributed by atoms with E-state index in [-0.39, 0.29) is 11.6 Å². The summed E-state index contributed by atoms with van der Waals surface area (Å²) in [5.74, 6) is -0.386. The van der Waals surface area contributed by atoms with Crippen molar-refractivity contribution in [1.82, 2.24) is 4.98 Å². The third-order valence-corrected chi connectivity index (χ3v) is 3.74. The number of benzene rings is 1. The molecule has 1 aromatic heterocycles. The minimum Gasteiger partial charge on any atom is -0.464 e. The van der Waals surface area contributed by atoms with Crippen molar-refractivity contribution in [3.05, 3.63) is 53.7 Å². The summed E-state index contributed by atoms with van der Waals surface area (Å²) in [5, 5.41) is 10.0. The van der Waals surface area contributed by atoms with E-state index in [4.69, 9.17) is 4.42 Å². The number of ether oxygens (including phenoxy) is 1. The molecule has 0 bridgehead atoms. The van der Waals surface area contributed by atoms with Crippen molar-refractivity contribution < 1.29 is 19.1 Å². The number of rotatable bonds is 9. The Labute approximate surface area is 136 Å². The van der Waals surface area contributed by atoms with E-state index in [9.17, 15) is 9.90 Å². The van der Waals surface area contributed by atoms with Gasteiger partial charge in [0.2, 0.25) is 5.89 Å². The first kappa shape index (κ1) is 17.2. The smallest absolute Gasteiger partial charge is 0.360 e. The van der Waals surface area contributed by atoms with Gasteiger partial charge in [0.05, 0.1) is 7.11 Å². The SMILES string of the molecule is COC(=O)c1coc(C(O)CCCCCCc2ccccc2)n1. The summed E-state index contributed by atoms with van der Waals surface area (Å²) >= 11 is 0. The summed E-state index contributed by atoms with van der Waals surface area (Å²) in [7, 11) is 1.28. The van der Waals surface area contributed by atoms with Crippen LogP contribution in [0.4, 0.5) is 0 Å². The van der Waals surface area contributed by atoms with Crippen molar-refractivity contribution in [2.45, 2.75) is 44.6 Å². The Kier molecular flexibility index (Phi) is 6.81. The second-order valence-electron chi connectivity index (χ2n) is 5.52. The van der Waals surface area contributed by atoms with Gasteiger partial charge in [0.15, 0.2) is 5.69 Å². The third-order valence-electron chi connectivity index (χ3n) is 3.74. The molecule has 0 saturated heterocycles. The van der Waals surface area contributed by atoms with Gasteiger partial charge < -0.3 is 14.3 Å². The minimum atomic E-state index is -0.775. The highest BCUT2D eigenvalue weighted by Gasteiger charge is 2.17. The summed E-state index contributed by atoms with van der Waals surface area (Å²) in [5.41, 5.74) is 1.45. The number of hydrogen-bond donors (Lipinski definition) is 1. The van der Waals surface area contributed by atoms with Crippen LogP contribution in [0.25, 0.3) is 0 Å². The summed E-state index contributed by atoms with van der Waals surface area (Å²) in [6.45, 7) is 0. The zero-order valence-electron chi connectivity index (χ0n) is 13.4. The molecule has 2 aromatic rings. The number of carbonyl (C=O) groups is 1. The topological polar surface area (TPSA) is 72.6 Å². The molecule has 0 amide bonds. The average molecular weight is 317 g/mol. The van der Waals surface area contributed by atoms with E-state index in [1.807, 2.05) is 6.07 Å².